The maximum Gasteiger partial charge on any atom is 0.257 e. The van der Waals surface area contributed by atoms with E-state index in [0.717, 1.165) is 5.56 Å². The van der Waals surface area contributed by atoms with Crippen molar-refractivity contribution in [3.05, 3.63) is 65.2 Å². The van der Waals surface area contributed by atoms with Crippen LogP contribution in [-0.2, 0) is 4.79 Å². The summed E-state index contributed by atoms with van der Waals surface area (Å²) < 4.78 is 18.4. The van der Waals surface area contributed by atoms with Crippen molar-refractivity contribution in [3.8, 4) is 11.5 Å². The molecule has 126 valence electrons. The number of nitrogens with zero attached hydrogens (tertiary/aromatic N) is 3. The van der Waals surface area contributed by atoms with E-state index in [2.05, 4.69) is 10.1 Å². The standard InChI is InChI=1S/C18H13ClFN3O2/c19-13-3-1-11(2-4-13)18-21-17(22-25-18)12-9-16(24)23(10-12)15-7-5-14(20)6-8-15/h1-8,12H,9-10H2. The molecule has 1 aliphatic rings. The summed E-state index contributed by atoms with van der Waals surface area (Å²) in [5.41, 5.74) is 1.43. The topological polar surface area (TPSA) is 59.2 Å². The number of benzene rings is 2. The monoisotopic (exact) mass is 357 g/mol. The van der Waals surface area contributed by atoms with Gasteiger partial charge in [-0.1, -0.05) is 16.8 Å². The van der Waals surface area contributed by atoms with Gasteiger partial charge in [-0.25, -0.2) is 4.39 Å². The van der Waals surface area contributed by atoms with Crippen molar-refractivity contribution >= 4 is 23.2 Å². The van der Waals surface area contributed by atoms with Crippen LogP contribution in [0.2, 0.25) is 5.02 Å². The van der Waals surface area contributed by atoms with Crippen molar-refractivity contribution in [2.24, 2.45) is 0 Å². The summed E-state index contributed by atoms with van der Waals surface area (Å²) in [7, 11) is 0. The lowest BCUT2D eigenvalue weighted by atomic mass is 10.1. The number of anilines is 1. The van der Waals surface area contributed by atoms with Gasteiger partial charge in [0, 0.05) is 35.2 Å². The molecular formula is C18H13ClFN3O2. The fraction of sp³-hybridized carbons (Fsp3) is 0.167. The van der Waals surface area contributed by atoms with E-state index >= 15 is 0 Å². The molecule has 0 bridgehead atoms. The first-order chi connectivity index (χ1) is 12.1. The van der Waals surface area contributed by atoms with Crippen LogP contribution in [-0.4, -0.2) is 22.6 Å². The third kappa shape index (κ3) is 3.13. The average Bonchev–Trinajstić information content (AvgIpc) is 3.23. The van der Waals surface area contributed by atoms with Crippen molar-refractivity contribution in [1.82, 2.24) is 10.1 Å². The van der Waals surface area contributed by atoms with Crippen LogP contribution in [0.15, 0.2) is 53.1 Å². The Balaban J connectivity index is 1.54. The first-order valence-corrected chi connectivity index (χ1v) is 8.13. The van der Waals surface area contributed by atoms with Crippen LogP contribution in [0.4, 0.5) is 10.1 Å². The van der Waals surface area contributed by atoms with Gasteiger partial charge in [0.25, 0.3) is 5.89 Å². The van der Waals surface area contributed by atoms with Crippen molar-refractivity contribution in [2.45, 2.75) is 12.3 Å². The Morgan fingerprint density at radius 1 is 1.12 bits per heavy atom. The predicted molar refractivity (Wildman–Crippen MR) is 90.9 cm³/mol. The molecule has 0 radical (unpaired) electrons. The number of carbonyl (C=O) groups excluding carboxylic acids is 1. The zero-order valence-corrected chi connectivity index (χ0v) is 13.8. The van der Waals surface area contributed by atoms with Crippen LogP contribution in [0.3, 0.4) is 0 Å². The molecule has 1 aliphatic heterocycles. The minimum absolute atomic E-state index is 0.0468. The van der Waals surface area contributed by atoms with E-state index in [0.29, 0.717) is 29.0 Å². The Kier molecular flexibility index (Phi) is 3.97. The van der Waals surface area contributed by atoms with Gasteiger partial charge in [-0.15, -0.1) is 0 Å². The van der Waals surface area contributed by atoms with Crippen LogP contribution in [0.1, 0.15) is 18.2 Å². The van der Waals surface area contributed by atoms with E-state index in [9.17, 15) is 9.18 Å². The van der Waals surface area contributed by atoms with E-state index < -0.39 is 0 Å². The quantitative estimate of drug-likeness (QED) is 0.709. The fourth-order valence-electron chi connectivity index (χ4n) is 2.86. The molecule has 1 saturated heterocycles. The Labute approximate surface area is 148 Å². The summed E-state index contributed by atoms with van der Waals surface area (Å²) in [6.07, 6.45) is 0.289. The smallest absolute Gasteiger partial charge is 0.257 e. The molecule has 0 N–H and O–H groups in total. The summed E-state index contributed by atoms with van der Waals surface area (Å²) >= 11 is 5.87. The van der Waals surface area contributed by atoms with Crippen LogP contribution in [0.5, 0.6) is 0 Å². The first-order valence-electron chi connectivity index (χ1n) is 7.75. The lowest BCUT2D eigenvalue weighted by molar-refractivity contribution is -0.117. The van der Waals surface area contributed by atoms with Crippen LogP contribution >= 0.6 is 11.6 Å². The highest BCUT2D eigenvalue weighted by Crippen LogP contribution is 2.31. The summed E-state index contributed by atoms with van der Waals surface area (Å²) in [6.45, 7) is 0.435. The van der Waals surface area contributed by atoms with Gasteiger partial charge in [0.15, 0.2) is 5.82 Å². The molecule has 25 heavy (non-hydrogen) atoms. The fourth-order valence-corrected chi connectivity index (χ4v) is 2.99. The molecule has 1 amide bonds. The van der Waals surface area contributed by atoms with E-state index in [1.165, 1.54) is 12.1 Å². The zero-order valence-electron chi connectivity index (χ0n) is 13.0. The summed E-state index contributed by atoms with van der Waals surface area (Å²) in [6, 6.07) is 12.9. The van der Waals surface area contributed by atoms with Gasteiger partial charge in [0.1, 0.15) is 5.82 Å². The normalized spacial score (nSPS) is 17.3. The highest BCUT2D eigenvalue weighted by atomic mass is 35.5. The minimum atomic E-state index is -0.335. The maximum absolute atomic E-state index is 13.1. The zero-order chi connectivity index (χ0) is 17.4. The summed E-state index contributed by atoms with van der Waals surface area (Å²) in [5.74, 6) is 0.330. The van der Waals surface area contributed by atoms with Crippen LogP contribution < -0.4 is 4.90 Å². The number of carbonyl (C=O) groups is 1. The Bertz CT molecular complexity index is 909. The highest BCUT2D eigenvalue weighted by Gasteiger charge is 2.34. The van der Waals surface area contributed by atoms with E-state index in [-0.39, 0.29) is 24.1 Å². The molecule has 0 aliphatic carbocycles. The highest BCUT2D eigenvalue weighted by molar-refractivity contribution is 6.30. The Morgan fingerprint density at radius 3 is 2.56 bits per heavy atom. The van der Waals surface area contributed by atoms with Gasteiger partial charge >= 0.3 is 0 Å². The molecule has 1 atom stereocenters. The molecule has 0 spiro atoms. The van der Waals surface area contributed by atoms with E-state index in [4.69, 9.17) is 16.1 Å². The van der Waals surface area contributed by atoms with E-state index in [1.807, 2.05) is 0 Å². The molecule has 1 unspecified atom stereocenters. The Hall–Kier alpha value is -2.73. The number of rotatable bonds is 3. The molecule has 7 heteroatoms. The number of amides is 1. The molecule has 0 saturated carbocycles. The third-order valence-corrected chi connectivity index (χ3v) is 4.41. The second-order valence-corrected chi connectivity index (χ2v) is 6.28. The molecule has 3 aromatic rings. The van der Waals surface area contributed by atoms with Crippen molar-refractivity contribution in [1.29, 1.82) is 0 Å². The predicted octanol–water partition coefficient (Wildman–Crippen LogP) is 4.05. The van der Waals surface area contributed by atoms with Gasteiger partial charge in [-0.3, -0.25) is 4.79 Å². The molecule has 1 fully saturated rings. The van der Waals surface area contributed by atoms with Crippen molar-refractivity contribution in [2.75, 3.05) is 11.4 Å². The first kappa shape index (κ1) is 15.8. The van der Waals surface area contributed by atoms with Gasteiger partial charge in [-0.2, -0.15) is 4.98 Å². The molecule has 2 aromatic carbocycles. The molecule has 5 nitrogen and oxygen atoms in total. The van der Waals surface area contributed by atoms with Gasteiger partial charge < -0.3 is 9.42 Å². The van der Waals surface area contributed by atoms with Crippen LogP contribution in [0, 0.1) is 5.82 Å². The lowest BCUT2D eigenvalue weighted by Gasteiger charge is -2.15. The number of halogens is 2. The van der Waals surface area contributed by atoms with E-state index in [1.54, 1.807) is 41.3 Å². The second kappa shape index (κ2) is 6.29. The van der Waals surface area contributed by atoms with Crippen molar-refractivity contribution in [3.63, 3.8) is 0 Å². The molecule has 4 rings (SSSR count). The minimum Gasteiger partial charge on any atom is -0.334 e. The average molecular weight is 358 g/mol. The lowest BCUT2D eigenvalue weighted by Crippen LogP contribution is -2.24. The number of aromatic nitrogens is 2. The van der Waals surface area contributed by atoms with Gasteiger partial charge in [0.2, 0.25) is 5.91 Å². The van der Waals surface area contributed by atoms with Gasteiger partial charge in [0.05, 0.1) is 0 Å². The SMILES string of the molecule is O=C1CC(c2noc(-c3ccc(Cl)cc3)n2)CN1c1ccc(F)cc1. The van der Waals surface area contributed by atoms with Crippen LogP contribution in [0.25, 0.3) is 11.5 Å². The molecule has 2 heterocycles. The maximum atomic E-state index is 13.1. The summed E-state index contributed by atoms with van der Waals surface area (Å²) in [4.78, 5) is 18.3. The molecule has 1 aromatic heterocycles. The third-order valence-electron chi connectivity index (χ3n) is 4.16. The largest absolute Gasteiger partial charge is 0.334 e. The van der Waals surface area contributed by atoms with Crippen molar-refractivity contribution < 1.29 is 13.7 Å². The second-order valence-electron chi connectivity index (χ2n) is 5.85. The molecular weight excluding hydrogens is 345 g/mol. The number of hydrogen-bond acceptors (Lipinski definition) is 4. The summed E-state index contributed by atoms with van der Waals surface area (Å²) in [5, 5.41) is 4.64. The Morgan fingerprint density at radius 2 is 1.84 bits per heavy atom. The number of hydrogen-bond donors (Lipinski definition) is 0. The van der Waals surface area contributed by atoms with Gasteiger partial charge in [-0.05, 0) is 48.5 Å².